The maximum absolute atomic E-state index is 15.6. The SMILES string of the molecule is CC[C@H]1CC(=O)[C@@H]([C@H](C)[C@H](C)CC=Cc2ccccn2)N(C)C(=O)[C@@H](C(C)C)N(C)C(=O)[C@@H](CC(C)C)N(C)C(=O)[C@@H](CC(C)C)N(C)C(=O)[C@H](C)NC(=O)[C@@H](C)CC(=O)[C@@H](CC(C)C)N(C)C(=O)[C@@H](C(C)C)CC(=O)[C@H](CC(C)C)N(C)C(=O)[C@@H](COC(C)=O)N(C)C1=O. The number of hydrogen-bond donors (Lipinski definition) is 1. The van der Waals surface area contributed by atoms with Crippen molar-refractivity contribution in [1.82, 2.24) is 44.6 Å². The number of Topliss-reactive ketones (excluding diaryl/α,β-unsaturated/α-hetero) is 3. The Balaban J connectivity index is 3.12. The van der Waals surface area contributed by atoms with Crippen molar-refractivity contribution in [3.63, 3.8) is 0 Å². The van der Waals surface area contributed by atoms with Crippen molar-refractivity contribution < 1.29 is 62.3 Å². The summed E-state index contributed by atoms with van der Waals surface area (Å²) in [5.74, 6) is -12.3. The highest BCUT2D eigenvalue weighted by Crippen LogP contribution is 2.31. The quantitative estimate of drug-likeness (QED) is 0.136. The summed E-state index contributed by atoms with van der Waals surface area (Å²) in [6, 6.07) is -3.93. The molecule has 1 aromatic heterocycles. The van der Waals surface area contributed by atoms with Crippen LogP contribution in [-0.2, 0) is 62.3 Å². The molecule has 22 nitrogen and oxygen atoms in total. The Kier molecular flexibility index (Phi) is 34.4. The Morgan fingerprint density at radius 2 is 0.968 bits per heavy atom. The number of amides is 8. The van der Waals surface area contributed by atoms with E-state index in [1.54, 1.807) is 47.7 Å². The zero-order valence-electron chi connectivity index (χ0n) is 62.4. The second-order valence-electron chi connectivity index (χ2n) is 29.5. The van der Waals surface area contributed by atoms with Gasteiger partial charge in [0, 0.05) is 99.5 Å². The Morgan fingerprint density at radius 3 is 1.43 bits per heavy atom. The molecule has 0 radical (unpaired) electrons. The standard InChI is InChI=1S/C73H121N9O13/c1-26-53-39-63(86)65(50(16)48(14)30-29-32-54-31-27-28-33-74-54)82(25)73(94)64(47(12)13)81(24)71(92)59(37-45(8)9)79(22)70(91)58(36-44(6)7)78(21)67(88)51(17)75-66(87)49(15)38-61(84)56(34-42(2)3)76(19)69(90)55(46(10)11)40-62(85)57(35-43(4)5)77(20)72(93)60(41-95-52(18)83)80(23)68(53)89/h27-29,31-33,42-51,53,55-60,64-65H,26,30,34-41H2,1-25H3,(H,75,87)/t48-,49+,50-,51+,53+,55-,56-,57+,58-,59-,60-,64-,65-/m1/s1. The molecule has 0 bridgehead atoms. The van der Waals surface area contributed by atoms with E-state index in [1.807, 2.05) is 99.6 Å². The number of pyridine rings is 1. The molecular weight excluding hydrogens is 1210 g/mol. The summed E-state index contributed by atoms with van der Waals surface area (Å²) in [6.07, 6.45) is 5.71. The van der Waals surface area contributed by atoms with Crippen LogP contribution in [0.4, 0.5) is 0 Å². The first-order valence-electron chi connectivity index (χ1n) is 34.5. The molecule has 0 spiro atoms. The van der Waals surface area contributed by atoms with Crippen LogP contribution in [0.2, 0.25) is 0 Å². The lowest BCUT2D eigenvalue weighted by atomic mass is 9.80. The largest absolute Gasteiger partial charge is 0.463 e. The van der Waals surface area contributed by atoms with Crippen LogP contribution in [0.25, 0.3) is 6.08 Å². The van der Waals surface area contributed by atoms with E-state index in [0.717, 1.165) is 17.5 Å². The van der Waals surface area contributed by atoms with Gasteiger partial charge in [0.25, 0.3) is 0 Å². The number of aromatic nitrogens is 1. The molecule has 0 aliphatic carbocycles. The molecule has 13 atom stereocenters. The van der Waals surface area contributed by atoms with Gasteiger partial charge in [-0.3, -0.25) is 62.5 Å². The van der Waals surface area contributed by atoms with E-state index in [0.29, 0.717) is 6.42 Å². The molecule has 1 saturated heterocycles. The van der Waals surface area contributed by atoms with Crippen molar-refractivity contribution in [2.24, 2.45) is 65.1 Å². The maximum atomic E-state index is 15.6. The summed E-state index contributed by atoms with van der Waals surface area (Å²) in [7, 11) is 10.3. The van der Waals surface area contributed by atoms with Crippen molar-refractivity contribution in [2.75, 3.05) is 55.9 Å². The molecular formula is C73H121N9O13. The monoisotopic (exact) mass is 1330 g/mol. The molecule has 2 rings (SSSR count). The third-order valence-corrected chi connectivity index (χ3v) is 19.0. The zero-order valence-corrected chi connectivity index (χ0v) is 62.4. The van der Waals surface area contributed by atoms with Crippen LogP contribution in [0.3, 0.4) is 0 Å². The number of ether oxygens (including phenoxy) is 1. The van der Waals surface area contributed by atoms with Gasteiger partial charge in [0.05, 0.1) is 23.8 Å². The number of esters is 1. The highest BCUT2D eigenvalue weighted by Gasteiger charge is 2.46. The second-order valence-corrected chi connectivity index (χ2v) is 29.5. The van der Waals surface area contributed by atoms with Crippen LogP contribution in [0.1, 0.15) is 188 Å². The number of nitrogens with zero attached hydrogens (tertiary/aromatic N) is 8. The van der Waals surface area contributed by atoms with E-state index in [4.69, 9.17) is 4.74 Å². The van der Waals surface area contributed by atoms with E-state index in [2.05, 4.69) is 10.3 Å². The third kappa shape index (κ3) is 24.0. The summed E-state index contributed by atoms with van der Waals surface area (Å²) < 4.78 is 5.48. The average molecular weight is 1330 g/mol. The fourth-order valence-electron chi connectivity index (χ4n) is 12.8. The number of hydrogen-bond acceptors (Lipinski definition) is 14. The number of nitrogens with one attached hydrogen (secondary N) is 1. The number of allylic oxidation sites excluding steroid dienone is 1. The number of likely N-dealkylation sites (N-methyl/N-ethyl adjacent to an activating group) is 7. The smallest absolute Gasteiger partial charge is 0.302 e. The molecule has 1 aliphatic rings. The number of ketones is 3. The molecule has 0 aromatic carbocycles. The van der Waals surface area contributed by atoms with Crippen LogP contribution in [0.5, 0.6) is 0 Å². The van der Waals surface area contributed by atoms with Crippen molar-refractivity contribution in [3.8, 4) is 0 Å². The fourth-order valence-corrected chi connectivity index (χ4v) is 12.8. The van der Waals surface area contributed by atoms with Crippen LogP contribution in [0, 0.1) is 65.1 Å². The van der Waals surface area contributed by atoms with Gasteiger partial charge in [0.1, 0.15) is 36.8 Å². The topological polar surface area (TPSA) is 262 Å². The fraction of sp³-hybridized carbons (Fsp3) is 0.740. The average Bonchev–Trinajstić information content (AvgIpc) is 0.819. The van der Waals surface area contributed by atoms with E-state index in [-0.39, 0.29) is 74.5 Å². The number of carbonyl (C=O) groups excluding carboxylic acids is 12. The summed E-state index contributed by atoms with van der Waals surface area (Å²) in [5.41, 5.74) is 0.719. The Hall–Kier alpha value is -6.87. The van der Waals surface area contributed by atoms with Crippen molar-refractivity contribution in [3.05, 3.63) is 36.2 Å². The van der Waals surface area contributed by atoms with Crippen LogP contribution in [-0.4, -0.2) is 214 Å². The van der Waals surface area contributed by atoms with Crippen molar-refractivity contribution >= 4 is 76.7 Å². The summed E-state index contributed by atoms with van der Waals surface area (Å²) >= 11 is 0. The lowest BCUT2D eigenvalue weighted by molar-refractivity contribution is -0.157. The van der Waals surface area contributed by atoms with Gasteiger partial charge >= 0.3 is 5.97 Å². The highest BCUT2D eigenvalue weighted by atomic mass is 16.5. The first kappa shape index (κ1) is 84.2. The molecule has 1 aliphatic heterocycles. The van der Waals surface area contributed by atoms with E-state index in [1.165, 1.54) is 85.7 Å². The summed E-state index contributed by atoms with van der Waals surface area (Å²) in [6.45, 7) is 31.4. The van der Waals surface area contributed by atoms with Crippen molar-refractivity contribution in [2.45, 2.75) is 231 Å². The van der Waals surface area contributed by atoms with Gasteiger partial charge in [-0.2, -0.15) is 0 Å². The van der Waals surface area contributed by atoms with Crippen LogP contribution >= 0.6 is 0 Å². The maximum Gasteiger partial charge on any atom is 0.302 e. The molecule has 0 saturated carbocycles. The van der Waals surface area contributed by atoms with Gasteiger partial charge in [0.15, 0.2) is 17.3 Å². The number of rotatable bonds is 18. The van der Waals surface area contributed by atoms with E-state index in [9.17, 15) is 28.8 Å². The second kappa shape index (κ2) is 38.8. The van der Waals surface area contributed by atoms with Gasteiger partial charge in [0.2, 0.25) is 47.3 Å². The molecule has 95 heavy (non-hydrogen) atoms. The van der Waals surface area contributed by atoms with Gasteiger partial charge in [-0.1, -0.05) is 123 Å². The molecule has 1 fully saturated rings. The first-order valence-corrected chi connectivity index (χ1v) is 34.5. The van der Waals surface area contributed by atoms with Crippen LogP contribution < -0.4 is 5.32 Å². The van der Waals surface area contributed by atoms with Gasteiger partial charge in [-0.25, -0.2) is 0 Å². The molecule has 8 amide bonds. The third-order valence-electron chi connectivity index (χ3n) is 19.0. The Morgan fingerprint density at radius 1 is 0.526 bits per heavy atom. The van der Waals surface area contributed by atoms with Gasteiger partial charge < -0.3 is 44.4 Å². The molecule has 536 valence electrons. The minimum Gasteiger partial charge on any atom is -0.463 e. The lowest BCUT2D eigenvalue weighted by Crippen LogP contribution is -2.61. The lowest BCUT2D eigenvalue weighted by Gasteiger charge is -2.42. The molecule has 22 heteroatoms. The van der Waals surface area contributed by atoms with Crippen molar-refractivity contribution in [1.29, 1.82) is 0 Å². The predicted molar refractivity (Wildman–Crippen MR) is 369 cm³/mol. The van der Waals surface area contributed by atoms with Gasteiger partial charge in [-0.05, 0) is 111 Å². The van der Waals surface area contributed by atoms with Gasteiger partial charge in [-0.15, -0.1) is 0 Å². The Labute approximate surface area is 569 Å². The minimum atomic E-state index is -1.49. The molecule has 1 N–H and O–H groups in total. The molecule has 1 aromatic rings. The predicted octanol–water partition coefficient (Wildman–Crippen LogP) is 8.28. The summed E-state index contributed by atoms with van der Waals surface area (Å²) in [4.78, 5) is 191. The highest BCUT2D eigenvalue weighted by molar-refractivity contribution is 6.00. The number of carbonyl (C=O) groups is 12. The van der Waals surface area contributed by atoms with E-state index < -0.39 is 167 Å². The zero-order chi connectivity index (χ0) is 73.0. The summed E-state index contributed by atoms with van der Waals surface area (Å²) in [5, 5.41) is 2.76. The molecule has 0 unspecified atom stereocenters. The molecule has 2 heterocycles. The first-order chi connectivity index (χ1) is 44.0. The van der Waals surface area contributed by atoms with Crippen LogP contribution in [0.15, 0.2) is 30.5 Å². The Bertz CT molecular complexity index is 2800. The minimum absolute atomic E-state index is 0.0979. The normalized spacial score (nSPS) is 26.2. The van der Waals surface area contributed by atoms with E-state index >= 15 is 28.8 Å².